The van der Waals surface area contributed by atoms with Crippen molar-refractivity contribution in [3.8, 4) is 0 Å². The summed E-state index contributed by atoms with van der Waals surface area (Å²) in [6.07, 6.45) is 0. The monoisotopic (exact) mass is 1140 g/mol. The molecule has 8 aromatic carbocycles. The summed E-state index contributed by atoms with van der Waals surface area (Å²) in [5, 5.41) is 6.33. The molecule has 6 heterocycles. The molecule has 8 aromatic rings. The highest BCUT2D eigenvalue weighted by molar-refractivity contribution is 7.23. The van der Waals surface area contributed by atoms with Gasteiger partial charge in [0.2, 0.25) is 0 Å². The van der Waals surface area contributed by atoms with Crippen LogP contribution in [0.5, 0.6) is 0 Å². The first-order valence-electron chi connectivity index (χ1n) is 25.0. The number of nitrogen functional groups attached to an aromatic ring is 8. The van der Waals surface area contributed by atoms with Crippen LogP contribution in [-0.2, 0) is 32.9 Å². The van der Waals surface area contributed by atoms with Crippen LogP contribution < -0.4 is 87.4 Å². The van der Waals surface area contributed by atoms with Gasteiger partial charge in [-0.3, -0.25) is 0 Å². The number of anilines is 8. The minimum atomic E-state index is -4.25. The van der Waals surface area contributed by atoms with Crippen molar-refractivity contribution in [3.05, 3.63) is 194 Å². The molecule has 6 aliphatic heterocycles. The van der Waals surface area contributed by atoms with Crippen LogP contribution in [0.3, 0.4) is 0 Å². The van der Waals surface area contributed by atoms with Gasteiger partial charge in [0, 0.05) is 68.2 Å². The Kier molecular flexibility index (Phi) is 11.4. The van der Waals surface area contributed by atoms with Gasteiger partial charge in [0.1, 0.15) is 0 Å². The van der Waals surface area contributed by atoms with E-state index in [0.29, 0.717) is 45.5 Å². The summed E-state index contributed by atoms with van der Waals surface area (Å²) in [6.45, 7) is 0. The van der Waals surface area contributed by atoms with Gasteiger partial charge in [-0.25, -0.2) is 0 Å². The Bertz CT molecular complexity index is 2740. The molecule has 0 aromatic heterocycles. The van der Waals surface area contributed by atoms with E-state index in [9.17, 15) is 0 Å². The van der Waals surface area contributed by atoms with Crippen LogP contribution in [0.2, 0.25) is 22.7 Å². The minimum absolute atomic E-state index is 0.165. The first-order chi connectivity index (χ1) is 36.5. The van der Waals surface area contributed by atoms with E-state index < -0.39 is 68.5 Å². The molecule has 76 heavy (non-hydrogen) atoms. The Morgan fingerprint density at radius 2 is 0.263 bits per heavy atom. The fraction of sp³-hybridized carbons (Fsp3) is 0.0769. The second-order valence-electron chi connectivity index (χ2n) is 20.5. The Hall–Kier alpha value is -6.42. The topological polar surface area (TPSA) is 282 Å². The number of benzene rings is 8. The lowest BCUT2D eigenvalue weighted by Gasteiger charge is -2.65. The molecule has 24 heteroatoms. The quantitative estimate of drug-likeness (QED) is 0.0796. The zero-order chi connectivity index (χ0) is 52.4. The maximum Gasteiger partial charge on any atom is 0.357 e. The minimum Gasteiger partial charge on any atom is -0.409 e. The lowest BCUT2D eigenvalue weighted by molar-refractivity contribution is 0.195. The average molecular weight is 1150 g/mol. The summed E-state index contributed by atoms with van der Waals surface area (Å²) in [4.78, 5) is 0. The molecule has 0 amide bonds. The predicted octanol–water partition coefficient (Wildman–Crippen LogP) is 1.80. The molecule has 6 aliphatic rings. The van der Waals surface area contributed by atoms with Crippen molar-refractivity contribution in [1.29, 1.82) is 0 Å². The predicted molar refractivity (Wildman–Crippen MR) is 318 cm³/mol. The van der Waals surface area contributed by atoms with Crippen molar-refractivity contribution < 1.29 is 32.9 Å². The largest absolute Gasteiger partial charge is 0.409 e. The average Bonchev–Trinajstić information content (AvgIpc) is 3.10. The Labute approximate surface area is 448 Å². The lowest BCUT2D eigenvalue weighted by atomic mass is 10.3. The van der Waals surface area contributed by atoms with Gasteiger partial charge in [-0.15, -0.1) is 0 Å². The summed E-state index contributed by atoms with van der Waals surface area (Å²) in [6, 6.07) is 62.5. The first-order valence-corrected chi connectivity index (χ1v) is 41.2. The standard InChI is InChI=1S/C52H56N8O8Si8/c53-37-1-17-45(18-2-37)69-33-70(46-19-3-38(54)4-20-46)62-73(49-25-9-41(57)10-26-49)34-71(61-69,47-21-5-39(55)6-22-47)67-74(50-27-11-42(58)12-28-50)35-72(65-69,48-23-7-40(56)8-24-48)63-75(66-70,51-29-13-43(59)14-30-51)36-76(64-74,68-73)52-31-15-44(60)16-32-52/h1-32H,33-36,53-60H2. The van der Waals surface area contributed by atoms with Gasteiger partial charge in [0.25, 0.3) is 0 Å². The molecule has 8 bridgehead atoms. The van der Waals surface area contributed by atoms with Crippen molar-refractivity contribution in [1.82, 2.24) is 0 Å². The van der Waals surface area contributed by atoms with E-state index in [0.717, 1.165) is 41.5 Å². The summed E-state index contributed by atoms with van der Waals surface area (Å²) >= 11 is 0. The zero-order valence-corrected chi connectivity index (χ0v) is 49.2. The molecule has 14 rings (SSSR count). The van der Waals surface area contributed by atoms with Crippen molar-refractivity contribution in [2.24, 2.45) is 0 Å². The Morgan fingerprint density at radius 1 is 0.171 bits per heavy atom. The van der Waals surface area contributed by atoms with Gasteiger partial charge in [0.15, 0.2) is 0 Å². The van der Waals surface area contributed by atoms with Crippen LogP contribution in [-0.4, -0.2) is 68.5 Å². The molecular weight excluding hydrogens is 1090 g/mol. The normalized spacial score (nSPS) is 31.4. The molecule has 6 fully saturated rings. The molecule has 16 N–H and O–H groups in total. The van der Waals surface area contributed by atoms with Crippen LogP contribution >= 0.6 is 0 Å². The van der Waals surface area contributed by atoms with E-state index in [1.54, 1.807) is 0 Å². The SMILES string of the molecule is Nc1ccc([Si]23C[Si]4(c5ccc(N)cc5)O[Si]5(c6ccc(N)cc6)C[Si]6(c7ccc(N)cc7)O[Si](c7ccc(N)cc7)(C[Si](c7ccc(N)cc7)(O2)O5)O[Si](c2ccc(N)cc2)(C[Si](c2ccc(N)cc2)(O4)O6)O3)cc1. The summed E-state index contributed by atoms with van der Waals surface area (Å²) in [5.74, 6) is 0. The van der Waals surface area contributed by atoms with Crippen molar-refractivity contribution >= 4 is 155 Å². The van der Waals surface area contributed by atoms with Gasteiger partial charge in [-0.1, -0.05) is 97.1 Å². The maximum absolute atomic E-state index is 8.70. The molecule has 384 valence electrons. The molecule has 0 aliphatic carbocycles. The van der Waals surface area contributed by atoms with Crippen LogP contribution in [0.15, 0.2) is 194 Å². The lowest BCUT2D eigenvalue weighted by Crippen LogP contribution is -2.93. The molecule has 6 saturated heterocycles. The van der Waals surface area contributed by atoms with E-state index in [1.165, 1.54) is 0 Å². The number of rotatable bonds is 8. The number of nitrogens with two attached hydrogens (primary N) is 8. The molecule has 0 atom stereocenters. The maximum atomic E-state index is 8.70. The van der Waals surface area contributed by atoms with Gasteiger partial charge in [-0.2, -0.15) is 0 Å². The van der Waals surface area contributed by atoms with Crippen LogP contribution in [0, 0.1) is 0 Å². The van der Waals surface area contributed by atoms with Crippen molar-refractivity contribution in [2.75, 3.05) is 45.9 Å². The van der Waals surface area contributed by atoms with Crippen molar-refractivity contribution in [2.45, 2.75) is 22.7 Å². The Morgan fingerprint density at radius 3 is 0.355 bits per heavy atom. The van der Waals surface area contributed by atoms with E-state index >= 15 is 0 Å². The first kappa shape index (κ1) is 49.2. The summed E-state index contributed by atoms with van der Waals surface area (Å²) in [7, 11) is -34.0. The van der Waals surface area contributed by atoms with E-state index in [4.69, 9.17) is 78.8 Å². The second-order valence-corrected chi connectivity index (χ2v) is 49.4. The Balaban J connectivity index is 1.26. The van der Waals surface area contributed by atoms with Crippen LogP contribution in [0.4, 0.5) is 45.5 Å². The third-order valence-electron chi connectivity index (χ3n) is 15.3. The molecule has 0 radical (unpaired) electrons. The molecule has 0 spiro atoms. The highest BCUT2D eigenvalue weighted by atomic mass is 28.6. The molecular formula is C52H56N8O8Si8. The summed E-state index contributed by atoms with van der Waals surface area (Å²) < 4.78 is 69.4. The van der Waals surface area contributed by atoms with E-state index in [2.05, 4.69) is 0 Å². The van der Waals surface area contributed by atoms with E-state index in [1.807, 2.05) is 194 Å². The second kappa shape index (κ2) is 17.6. The smallest absolute Gasteiger partial charge is 0.357 e. The fourth-order valence-corrected chi connectivity index (χ4v) is 77.4. The molecule has 0 unspecified atom stereocenters. The van der Waals surface area contributed by atoms with Gasteiger partial charge >= 0.3 is 68.5 Å². The van der Waals surface area contributed by atoms with Crippen LogP contribution in [0.1, 0.15) is 0 Å². The van der Waals surface area contributed by atoms with Gasteiger partial charge < -0.3 is 78.8 Å². The third-order valence-corrected chi connectivity index (χ3v) is 61.0. The zero-order valence-electron chi connectivity index (χ0n) is 41.2. The molecule has 16 nitrogen and oxygen atoms in total. The van der Waals surface area contributed by atoms with Crippen molar-refractivity contribution in [3.63, 3.8) is 0 Å². The number of hydrogen-bond acceptors (Lipinski definition) is 16. The van der Waals surface area contributed by atoms with Crippen LogP contribution in [0.25, 0.3) is 0 Å². The highest BCUT2D eigenvalue weighted by Crippen LogP contribution is 2.53. The third kappa shape index (κ3) is 7.99. The number of hydrogen-bond donors (Lipinski definition) is 8. The summed E-state index contributed by atoms with van der Waals surface area (Å²) in [5.41, 5.74) is 57.9. The van der Waals surface area contributed by atoms with Gasteiger partial charge in [-0.05, 0) is 139 Å². The highest BCUT2D eigenvalue weighted by Gasteiger charge is 2.81. The van der Waals surface area contributed by atoms with E-state index in [-0.39, 0.29) is 22.7 Å². The van der Waals surface area contributed by atoms with Gasteiger partial charge in [0.05, 0.1) is 0 Å². The molecule has 0 saturated carbocycles. The fourth-order valence-electron chi connectivity index (χ4n) is 11.8.